The summed E-state index contributed by atoms with van der Waals surface area (Å²) < 4.78 is 17.5. The fourth-order valence-electron chi connectivity index (χ4n) is 2.99. The van der Waals surface area contributed by atoms with Gasteiger partial charge in [0.05, 0.1) is 18.4 Å². The molecule has 0 N–H and O–H groups in total. The minimum Gasteiger partial charge on any atom is -0.324 e. The summed E-state index contributed by atoms with van der Waals surface area (Å²) in [5.74, 6) is 0.103. The van der Waals surface area contributed by atoms with Crippen molar-refractivity contribution in [3.05, 3.63) is 66.5 Å². The Kier molecular flexibility index (Phi) is 3.97. The van der Waals surface area contributed by atoms with Crippen LogP contribution in [0.3, 0.4) is 0 Å². The molecule has 0 radical (unpaired) electrons. The molecule has 4 aromatic rings. The molecule has 0 fully saturated rings. The number of pyridine rings is 1. The predicted molar refractivity (Wildman–Crippen MR) is 91.5 cm³/mol. The molecular weight excluding hydrogens is 319 g/mol. The molecule has 0 bridgehead atoms. The Morgan fingerprint density at radius 1 is 1.08 bits per heavy atom. The van der Waals surface area contributed by atoms with Crippen molar-refractivity contribution < 1.29 is 4.39 Å². The number of imidazole rings is 2. The molecule has 4 rings (SSSR count). The van der Waals surface area contributed by atoms with Crippen LogP contribution in [0.5, 0.6) is 0 Å². The monoisotopic (exact) mass is 336 g/mol. The molecule has 25 heavy (non-hydrogen) atoms. The van der Waals surface area contributed by atoms with E-state index in [0.29, 0.717) is 18.1 Å². The van der Waals surface area contributed by atoms with E-state index in [0.717, 1.165) is 29.9 Å². The van der Waals surface area contributed by atoms with Gasteiger partial charge in [0, 0.05) is 30.5 Å². The first kappa shape index (κ1) is 15.4. The quantitative estimate of drug-likeness (QED) is 0.525. The molecule has 0 aliphatic heterocycles. The van der Waals surface area contributed by atoms with Gasteiger partial charge in [0.15, 0.2) is 11.5 Å². The molecule has 0 unspecified atom stereocenters. The first-order chi connectivity index (χ1) is 12.3. The van der Waals surface area contributed by atoms with Crippen molar-refractivity contribution in [2.24, 2.45) is 0 Å². The minimum atomic E-state index is -0.517. The lowest BCUT2D eigenvalue weighted by Crippen LogP contribution is -2.10. The van der Waals surface area contributed by atoms with Crippen molar-refractivity contribution >= 4 is 5.65 Å². The molecule has 0 atom stereocenters. The molecule has 0 amide bonds. The van der Waals surface area contributed by atoms with Gasteiger partial charge in [-0.25, -0.2) is 15.0 Å². The zero-order valence-corrected chi connectivity index (χ0v) is 13.8. The summed E-state index contributed by atoms with van der Waals surface area (Å²) in [6.07, 6.45) is 11.0. The number of nitrogens with zero attached hydrogens (tertiary/aromatic N) is 6. The number of aryl methyl sites for hydroxylation is 1. The highest BCUT2D eigenvalue weighted by Gasteiger charge is 2.13. The third-order valence-corrected chi connectivity index (χ3v) is 4.10. The van der Waals surface area contributed by atoms with Crippen LogP contribution in [0.4, 0.5) is 4.39 Å². The number of rotatable bonds is 5. The second-order valence-corrected chi connectivity index (χ2v) is 5.78. The maximum Gasteiger partial charge on any atom is 0.213 e. The van der Waals surface area contributed by atoms with Gasteiger partial charge in [0.1, 0.15) is 5.69 Å². The first-order valence-corrected chi connectivity index (χ1v) is 8.20. The number of fused-ring (bicyclic) bond motifs is 1. The standard InChI is InChI=1S/C18H17FN6/c1-2-4-15-14(22-11-17-20-8-10-25(15)17)12-24-9-7-21-18(24)13-5-3-6-16(19)23-13/h3,5-11H,2,4,12H2,1H3. The Morgan fingerprint density at radius 3 is 2.80 bits per heavy atom. The number of halogens is 1. The molecule has 0 aliphatic rings. The molecular formula is C18H17FN6. The normalized spacial score (nSPS) is 11.3. The van der Waals surface area contributed by atoms with E-state index in [-0.39, 0.29) is 0 Å². The summed E-state index contributed by atoms with van der Waals surface area (Å²) in [5, 5.41) is 0. The highest BCUT2D eigenvalue weighted by molar-refractivity contribution is 5.49. The molecule has 0 saturated carbocycles. The molecule has 126 valence electrons. The SMILES string of the molecule is CCCc1c(Cn2ccnc2-c2cccc(F)n2)ncc2nccn12. The van der Waals surface area contributed by atoms with Crippen LogP contribution in [-0.2, 0) is 13.0 Å². The van der Waals surface area contributed by atoms with Crippen molar-refractivity contribution in [3.63, 3.8) is 0 Å². The average Bonchev–Trinajstić information content (AvgIpc) is 3.26. The molecule has 4 heterocycles. The van der Waals surface area contributed by atoms with Gasteiger partial charge in [0.2, 0.25) is 5.95 Å². The second kappa shape index (κ2) is 6.43. The summed E-state index contributed by atoms with van der Waals surface area (Å²) in [4.78, 5) is 17.2. The lowest BCUT2D eigenvalue weighted by molar-refractivity contribution is 0.584. The Hall–Kier alpha value is -3.09. The molecule has 0 saturated heterocycles. The van der Waals surface area contributed by atoms with Crippen molar-refractivity contribution in [2.75, 3.05) is 0 Å². The van der Waals surface area contributed by atoms with Gasteiger partial charge in [-0.05, 0) is 18.6 Å². The van der Waals surface area contributed by atoms with E-state index in [1.807, 2.05) is 17.0 Å². The Balaban J connectivity index is 1.75. The van der Waals surface area contributed by atoms with Gasteiger partial charge in [-0.2, -0.15) is 4.39 Å². The summed E-state index contributed by atoms with van der Waals surface area (Å²) in [7, 11) is 0. The van der Waals surface area contributed by atoms with Crippen LogP contribution in [0.2, 0.25) is 0 Å². The second-order valence-electron chi connectivity index (χ2n) is 5.78. The smallest absolute Gasteiger partial charge is 0.213 e. The molecule has 0 aromatic carbocycles. The maximum absolute atomic E-state index is 13.5. The van der Waals surface area contributed by atoms with Crippen LogP contribution < -0.4 is 0 Å². The van der Waals surface area contributed by atoms with Crippen molar-refractivity contribution in [3.8, 4) is 11.5 Å². The van der Waals surface area contributed by atoms with Crippen LogP contribution in [0.1, 0.15) is 24.7 Å². The summed E-state index contributed by atoms with van der Waals surface area (Å²) >= 11 is 0. The van der Waals surface area contributed by atoms with Gasteiger partial charge in [-0.1, -0.05) is 19.4 Å². The number of hydrogen-bond donors (Lipinski definition) is 0. The highest BCUT2D eigenvalue weighted by Crippen LogP contribution is 2.19. The molecule has 0 aliphatic carbocycles. The van der Waals surface area contributed by atoms with Gasteiger partial charge < -0.3 is 8.97 Å². The van der Waals surface area contributed by atoms with Crippen LogP contribution in [0.25, 0.3) is 17.2 Å². The number of aromatic nitrogens is 6. The Morgan fingerprint density at radius 2 is 1.96 bits per heavy atom. The topological polar surface area (TPSA) is 60.9 Å². The van der Waals surface area contributed by atoms with Crippen LogP contribution in [0.15, 0.2) is 49.2 Å². The van der Waals surface area contributed by atoms with E-state index in [9.17, 15) is 4.39 Å². The van der Waals surface area contributed by atoms with Gasteiger partial charge >= 0.3 is 0 Å². The van der Waals surface area contributed by atoms with E-state index in [2.05, 4.69) is 31.3 Å². The van der Waals surface area contributed by atoms with E-state index in [4.69, 9.17) is 0 Å². The van der Waals surface area contributed by atoms with Crippen molar-refractivity contribution in [1.29, 1.82) is 0 Å². The fourth-order valence-corrected chi connectivity index (χ4v) is 2.99. The zero-order chi connectivity index (χ0) is 17.2. The van der Waals surface area contributed by atoms with Gasteiger partial charge in [-0.15, -0.1) is 0 Å². The Labute approximate surface area is 144 Å². The van der Waals surface area contributed by atoms with Gasteiger partial charge in [0.25, 0.3) is 0 Å². The largest absolute Gasteiger partial charge is 0.324 e. The van der Waals surface area contributed by atoms with E-state index >= 15 is 0 Å². The molecule has 0 spiro atoms. The first-order valence-electron chi connectivity index (χ1n) is 8.20. The van der Waals surface area contributed by atoms with Crippen molar-refractivity contribution in [2.45, 2.75) is 26.3 Å². The minimum absolute atomic E-state index is 0.505. The van der Waals surface area contributed by atoms with Crippen molar-refractivity contribution in [1.82, 2.24) is 28.9 Å². The fraction of sp³-hybridized carbons (Fsp3) is 0.222. The number of hydrogen-bond acceptors (Lipinski definition) is 4. The molecule has 4 aromatic heterocycles. The maximum atomic E-state index is 13.5. The summed E-state index contributed by atoms with van der Waals surface area (Å²) in [5.41, 5.74) is 3.42. The average molecular weight is 336 g/mol. The highest BCUT2D eigenvalue weighted by atomic mass is 19.1. The summed E-state index contributed by atoms with van der Waals surface area (Å²) in [6, 6.07) is 4.71. The van der Waals surface area contributed by atoms with Crippen LogP contribution in [-0.4, -0.2) is 28.9 Å². The van der Waals surface area contributed by atoms with E-state index in [1.54, 1.807) is 30.7 Å². The summed E-state index contributed by atoms with van der Waals surface area (Å²) in [6.45, 7) is 2.68. The lowest BCUT2D eigenvalue weighted by atomic mass is 10.2. The third kappa shape index (κ3) is 2.88. The van der Waals surface area contributed by atoms with E-state index in [1.165, 1.54) is 6.07 Å². The predicted octanol–water partition coefficient (Wildman–Crippen LogP) is 3.13. The zero-order valence-electron chi connectivity index (χ0n) is 13.8. The van der Waals surface area contributed by atoms with Gasteiger partial charge in [-0.3, -0.25) is 4.98 Å². The molecule has 7 heteroatoms. The van der Waals surface area contributed by atoms with Crippen LogP contribution in [0, 0.1) is 5.95 Å². The lowest BCUT2D eigenvalue weighted by Gasteiger charge is -2.13. The third-order valence-electron chi connectivity index (χ3n) is 4.10. The molecule has 6 nitrogen and oxygen atoms in total. The van der Waals surface area contributed by atoms with Crippen LogP contribution >= 0.6 is 0 Å². The van der Waals surface area contributed by atoms with E-state index < -0.39 is 5.95 Å². The Bertz CT molecular complexity index is 1020.